The molecule has 1 atom stereocenters. The normalized spacial score (nSPS) is 14.5. The summed E-state index contributed by atoms with van der Waals surface area (Å²) in [5.74, 6) is -0.178. The minimum absolute atomic E-state index is 0.0583. The van der Waals surface area contributed by atoms with Gasteiger partial charge in [0.25, 0.3) is 0 Å². The topological polar surface area (TPSA) is 47.3 Å². The largest absolute Gasteiger partial charge is 0.329 e. The number of nitriles is 1. The second-order valence-electron chi connectivity index (χ2n) is 6.20. The number of carbonyl (C=O) groups excluding carboxylic acids is 1. The van der Waals surface area contributed by atoms with Crippen LogP contribution < -0.4 is 4.90 Å². The molecule has 0 radical (unpaired) electrons. The van der Waals surface area contributed by atoms with Gasteiger partial charge in [-0.1, -0.05) is 36.4 Å². The van der Waals surface area contributed by atoms with E-state index < -0.39 is 0 Å². The lowest BCUT2D eigenvalue weighted by molar-refractivity contribution is 0.200. The number of nitrogens with zero attached hydrogens (tertiary/aromatic N) is 3. The monoisotopic (exact) mass is 319 g/mol. The molecule has 2 aromatic carbocycles. The number of anilines is 2. The second-order valence-corrected chi connectivity index (χ2v) is 6.20. The number of amides is 2. The van der Waals surface area contributed by atoms with Gasteiger partial charge < -0.3 is 4.90 Å². The lowest BCUT2D eigenvalue weighted by atomic mass is 10.2. The lowest BCUT2D eigenvalue weighted by Crippen LogP contribution is -2.44. The average Bonchev–Trinajstić information content (AvgIpc) is 3.46. The number of rotatable bonds is 5. The number of benzene rings is 2. The van der Waals surface area contributed by atoms with Crippen molar-refractivity contribution in [2.75, 3.05) is 11.4 Å². The van der Waals surface area contributed by atoms with Crippen LogP contribution in [-0.4, -0.2) is 23.5 Å². The quantitative estimate of drug-likeness (QED) is 0.810. The number of hydrogen-bond donors (Lipinski definition) is 0. The smallest absolute Gasteiger partial charge is 0.320 e. The molecule has 0 heterocycles. The molecular formula is C20H21N3O. The van der Waals surface area contributed by atoms with Gasteiger partial charge in [-0.15, -0.1) is 0 Å². The lowest BCUT2D eigenvalue weighted by Gasteiger charge is -2.31. The molecule has 0 saturated heterocycles. The number of hydrogen-bond acceptors (Lipinski definition) is 2. The first-order valence-corrected chi connectivity index (χ1v) is 8.31. The molecule has 1 saturated carbocycles. The van der Waals surface area contributed by atoms with E-state index in [-0.39, 0.29) is 18.0 Å². The highest BCUT2D eigenvalue weighted by Gasteiger charge is 2.36. The van der Waals surface area contributed by atoms with Crippen molar-refractivity contribution in [3.63, 3.8) is 0 Å². The Balaban J connectivity index is 1.95. The molecular weight excluding hydrogens is 298 g/mol. The van der Waals surface area contributed by atoms with Crippen LogP contribution in [0, 0.1) is 17.2 Å². The van der Waals surface area contributed by atoms with Gasteiger partial charge in [-0.3, -0.25) is 4.90 Å². The molecule has 0 bridgehead atoms. The van der Waals surface area contributed by atoms with E-state index in [9.17, 15) is 4.79 Å². The highest BCUT2D eigenvalue weighted by Crippen LogP contribution is 2.33. The van der Waals surface area contributed by atoms with Gasteiger partial charge in [-0.2, -0.15) is 5.26 Å². The molecule has 3 rings (SSSR count). The predicted octanol–water partition coefficient (Wildman–Crippen LogP) is 4.57. The molecule has 0 aliphatic heterocycles. The van der Waals surface area contributed by atoms with Crippen LogP contribution in [0.25, 0.3) is 0 Å². The fraction of sp³-hybridized carbons (Fsp3) is 0.300. The van der Waals surface area contributed by atoms with E-state index in [1.165, 1.54) is 0 Å². The molecule has 1 aliphatic carbocycles. The average molecular weight is 319 g/mol. The van der Waals surface area contributed by atoms with Gasteiger partial charge in [0.05, 0.1) is 23.4 Å². The highest BCUT2D eigenvalue weighted by atomic mass is 16.2. The summed E-state index contributed by atoms with van der Waals surface area (Å²) >= 11 is 0. The van der Waals surface area contributed by atoms with Crippen molar-refractivity contribution in [2.45, 2.75) is 25.8 Å². The molecule has 24 heavy (non-hydrogen) atoms. The van der Waals surface area contributed by atoms with Crippen LogP contribution in [0.5, 0.6) is 0 Å². The number of para-hydroxylation sites is 2. The third-order valence-electron chi connectivity index (χ3n) is 4.14. The molecule has 1 fully saturated rings. The predicted molar refractivity (Wildman–Crippen MR) is 94.9 cm³/mol. The Morgan fingerprint density at radius 1 is 1.08 bits per heavy atom. The van der Waals surface area contributed by atoms with Crippen molar-refractivity contribution >= 4 is 17.4 Å². The Morgan fingerprint density at radius 2 is 1.58 bits per heavy atom. The van der Waals surface area contributed by atoms with Crippen LogP contribution in [0.1, 0.15) is 19.8 Å². The van der Waals surface area contributed by atoms with Gasteiger partial charge in [0.2, 0.25) is 0 Å². The van der Waals surface area contributed by atoms with Gasteiger partial charge in [0.15, 0.2) is 0 Å². The molecule has 122 valence electrons. The van der Waals surface area contributed by atoms with Gasteiger partial charge >= 0.3 is 6.03 Å². The van der Waals surface area contributed by atoms with Crippen molar-refractivity contribution in [1.82, 2.24) is 4.90 Å². The fourth-order valence-electron chi connectivity index (χ4n) is 2.76. The van der Waals surface area contributed by atoms with Crippen LogP contribution in [0.3, 0.4) is 0 Å². The Labute approximate surface area is 142 Å². The third-order valence-corrected chi connectivity index (χ3v) is 4.14. The van der Waals surface area contributed by atoms with E-state index in [2.05, 4.69) is 6.07 Å². The maximum Gasteiger partial charge on any atom is 0.329 e. The molecule has 2 aromatic rings. The van der Waals surface area contributed by atoms with Gasteiger partial charge in [0, 0.05) is 12.6 Å². The molecule has 1 aliphatic rings. The molecule has 1 unspecified atom stereocenters. The van der Waals surface area contributed by atoms with E-state index >= 15 is 0 Å². The third kappa shape index (κ3) is 3.57. The zero-order valence-electron chi connectivity index (χ0n) is 13.8. The molecule has 0 spiro atoms. The number of urea groups is 1. The SMILES string of the molecule is CC(C#N)CN(C(=O)N(c1ccccc1)c1ccccc1)C1CC1. The summed E-state index contributed by atoms with van der Waals surface area (Å²) < 4.78 is 0. The van der Waals surface area contributed by atoms with Crippen molar-refractivity contribution in [3.8, 4) is 6.07 Å². The summed E-state index contributed by atoms with van der Waals surface area (Å²) in [6, 6.07) is 21.8. The summed E-state index contributed by atoms with van der Waals surface area (Å²) in [4.78, 5) is 16.9. The standard InChI is InChI=1S/C20H21N3O/c1-16(14-21)15-22(17-12-13-17)20(24)23(18-8-4-2-5-9-18)19-10-6-3-7-11-19/h2-11,16-17H,12-13,15H2,1H3. The van der Waals surface area contributed by atoms with E-state index in [4.69, 9.17) is 5.26 Å². The van der Waals surface area contributed by atoms with Crippen molar-refractivity contribution in [3.05, 3.63) is 60.7 Å². The molecule has 4 heteroatoms. The van der Waals surface area contributed by atoms with Crippen molar-refractivity contribution < 1.29 is 4.79 Å². The van der Waals surface area contributed by atoms with Crippen LogP contribution in [0.15, 0.2) is 60.7 Å². The van der Waals surface area contributed by atoms with Crippen molar-refractivity contribution in [2.24, 2.45) is 5.92 Å². The first-order valence-electron chi connectivity index (χ1n) is 8.31. The minimum Gasteiger partial charge on any atom is -0.320 e. The van der Waals surface area contributed by atoms with Gasteiger partial charge in [-0.05, 0) is 44.0 Å². The fourth-order valence-corrected chi connectivity index (χ4v) is 2.76. The molecule has 0 N–H and O–H groups in total. The first kappa shape index (κ1) is 16.1. The number of carbonyl (C=O) groups is 1. The Hall–Kier alpha value is -2.80. The first-order chi connectivity index (χ1) is 11.7. The Bertz CT molecular complexity index is 680. The summed E-state index contributed by atoms with van der Waals surface area (Å²) in [5, 5.41) is 9.14. The Kier molecular flexibility index (Phi) is 4.81. The van der Waals surface area contributed by atoms with Gasteiger partial charge in [-0.25, -0.2) is 4.79 Å². The zero-order valence-corrected chi connectivity index (χ0v) is 13.8. The summed E-state index contributed by atoms with van der Waals surface area (Å²) in [6.07, 6.45) is 2.03. The summed E-state index contributed by atoms with van der Waals surface area (Å²) in [6.45, 7) is 2.33. The van der Waals surface area contributed by atoms with Crippen LogP contribution in [-0.2, 0) is 0 Å². The molecule has 4 nitrogen and oxygen atoms in total. The van der Waals surface area contributed by atoms with E-state index in [0.29, 0.717) is 6.54 Å². The zero-order chi connectivity index (χ0) is 16.9. The second kappa shape index (κ2) is 7.18. The van der Waals surface area contributed by atoms with Crippen LogP contribution in [0.4, 0.5) is 16.2 Å². The highest BCUT2D eigenvalue weighted by molar-refractivity contribution is 5.99. The van der Waals surface area contributed by atoms with E-state index in [1.54, 1.807) is 4.90 Å². The Morgan fingerprint density at radius 3 is 2.00 bits per heavy atom. The molecule has 0 aromatic heterocycles. The minimum atomic E-state index is -0.178. The van der Waals surface area contributed by atoms with Crippen molar-refractivity contribution in [1.29, 1.82) is 5.26 Å². The summed E-state index contributed by atoms with van der Waals surface area (Å²) in [7, 11) is 0. The van der Waals surface area contributed by atoms with E-state index in [0.717, 1.165) is 24.2 Å². The van der Waals surface area contributed by atoms with Gasteiger partial charge in [0.1, 0.15) is 0 Å². The van der Waals surface area contributed by atoms with E-state index in [1.807, 2.05) is 72.5 Å². The maximum atomic E-state index is 13.3. The maximum absolute atomic E-state index is 13.3. The van der Waals surface area contributed by atoms with Crippen LogP contribution >= 0.6 is 0 Å². The molecule has 2 amide bonds. The summed E-state index contributed by atoms with van der Waals surface area (Å²) in [5.41, 5.74) is 1.67. The van der Waals surface area contributed by atoms with Crippen LogP contribution in [0.2, 0.25) is 0 Å².